The van der Waals surface area contributed by atoms with E-state index in [-0.39, 0.29) is 9.83 Å². The third-order valence-corrected chi connectivity index (χ3v) is 2.44. The number of hydrogen-bond donors (Lipinski definition) is 3. The maximum absolute atomic E-state index is 10.8. The van der Waals surface area contributed by atoms with E-state index < -0.39 is 12.2 Å². The lowest BCUT2D eigenvalue weighted by molar-refractivity contribution is -0.120. The maximum Gasteiger partial charge on any atom is 0.322 e. The SMILES string of the molecule is NC1NC(=O)NC(=O)C1I. The summed E-state index contributed by atoms with van der Waals surface area (Å²) in [5.74, 6) is -0.336. The molecule has 0 aromatic carbocycles. The van der Waals surface area contributed by atoms with E-state index in [9.17, 15) is 9.59 Å². The van der Waals surface area contributed by atoms with Gasteiger partial charge in [-0.1, -0.05) is 22.6 Å². The summed E-state index contributed by atoms with van der Waals surface area (Å²) < 4.78 is -0.379. The van der Waals surface area contributed by atoms with Crippen LogP contribution in [0.4, 0.5) is 4.79 Å². The summed E-state index contributed by atoms with van der Waals surface area (Å²) in [5, 5.41) is 4.44. The number of urea groups is 1. The highest BCUT2D eigenvalue weighted by molar-refractivity contribution is 14.1. The molecule has 0 bridgehead atoms. The summed E-state index contributed by atoms with van der Waals surface area (Å²) in [7, 11) is 0. The van der Waals surface area contributed by atoms with Crippen LogP contribution in [0.1, 0.15) is 0 Å². The van der Waals surface area contributed by atoms with Crippen LogP contribution in [0.2, 0.25) is 0 Å². The molecule has 0 aromatic heterocycles. The molecule has 1 heterocycles. The zero-order chi connectivity index (χ0) is 7.72. The fourth-order valence-corrected chi connectivity index (χ4v) is 0.940. The Kier molecular flexibility index (Phi) is 2.09. The Bertz CT molecular complexity index is 183. The van der Waals surface area contributed by atoms with Gasteiger partial charge in [-0.15, -0.1) is 0 Å². The molecular formula is C4H6IN3O2. The first-order valence-electron chi connectivity index (χ1n) is 2.62. The molecule has 1 rings (SSSR count). The van der Waals surface area contributed by atoms with Gasteiger partial charge >= 0.3 is 6.03 Å². The van der Waals surface area contributed by atoms with Crippen LogP contribution in [0.15, 0.2) is 0 Å². The zero-order valence-electron chi connectivity index (χ0n) is 4.93. The van der Waals surface area contributed by atoms with Crippen LogP contribution in [0, 0.1) is 0 Å². The van der Waals surface area contributed by atoms with Crippen LogP contribution in [0.3, 0.4) is 0 Å². The van der Waals surface area contributed by atoms with Crippen molar-refractivity contribution in [3.63, 3.8) is 0 Å². The number of imide groups is 1. The molecule has 2 atom stereocenters. The molecule has 10 heavy (non-hydrogen) atoms. The van der Waals surface area contributed by atoms with Crippen LogP contribution in [0.5, 0.6) is 0 Å². The van der Waals surface area contributed by atoms with Crippen molar-refractivity contribution in [1.29, 1.82) is 0 Å². The van der Waals surface area contributed by atoms with Crippen molar-refractivity contribution >= 4 is 34.5 Å². The van der Waals surface area contributed by atoms with Gasteiger partial charge in [0.1, 0.15) is 3.92 Å². The van der Waals surface area contributed by atoms with Gasteiger partial charge in [0.05, 0.1) is 6.17 Å². The Morgan fingerprint density at radius 2 is 2.10 bits per heavy atom. The number of amides is 3. The van der Waals surface area contributed by atoms with Crippen molar-refractivity contribution in [3.8, 4) is 0 Å². The zero-order valence-corrected chi connectivity index (χ0v) is 7.08. The molecule has 0 aliphatic carbocycles. The Hall–Kier alpha value is -0.370. The molecule has 4 N–H and O–H groups in total. The molecule has 1 fully saturated rings. The molecule has 1 aliphatic heterocycles. The van der Waals surface area contributed by atoms with Crippen LogP contribution in [-0.2, 0) is 4.79 Å². The maximum atomic E-state index is 10.8. The summed E-state index contributed by atoms with van der Waals surface area (Å²) in [6, 6.07) is -0.523. The first-order valence-corrected chi connectivity index (χ1v) is 3.87. The lowest BCUT2D eigenvalue weighted by atomic mass is 10.3. The van der Waals surface area contributed by atoms with E-state index in [1.165, 1.54) is 0 Å². The topological polar surface area (TPSA) is 84.2 Å². The van der Waals surface area contributed by atoms with Crippen molar-refractivity contribution in [1.82, 2.24) is 10.6 Å². The molecule has 1 saturated heterocycles. The van der Waals surface area contributed by atoms with Gasteiger partial charge < -0.3 is 11.1 Å². The predicted octanol–water partition coefficient (Wildman–Crippen LogP) is -1.09. The van der Waals surface area contributed by atoms with Crippen molar-refractivity contribution < 1.29 is 9.59 Å². The summed E-state index contributed by atoms with van der Waals surface area (Å²) >= 11 is 1.87. The van der Waals surface area contributed by atoms with Gasteiger partial charge in [-0.05, 0) is 0 Å². The fraction of sp³-hybridized carbons (Fsp3) is 0.500. The Morgan fingerprint density at radius 3 is 2.60 bits per heavy atom. The molecule has 0 aromatic rings. The lowest BCUT2D eigenvalue weighted by Gasteiger charge is -2.23. The lowest BCUT2D eigenvalue weighted by Crippen LogP contribution is -2.62. The highest BCUT2D eigenvalue weighted by Crippen LogP contribution is 2.05. The summed E-state index contributed by atoms with van der Waals surface area (Å²) in [6.07, 6.45) is -0.568. The highest BCUT2D eigenvalue weighted by atomic mass is 127. The average molecular weight is 255 g/mol. The molecule has 2 unspecified atom stereocenters. The number of alkyl halides is 1. The predicted molar refractivity (Wildman–Crippen MR) is 42.5 cm³/mol. The number of carbonyl (C=O) groups is 2. The van der Waals surface area contributed by atoms with Crippen molar-refractivity contribution in [2.45, 2.75) is 10.1 Å². The third kappa shape index (κ3) is 1.37. The number of carbonyl (C=O) groups excluding carboxylic acids is 2. The molecule has 56 valence electrons. The van der Waals surface area contributed by atoms with Crippen molar-refractivity contribution in [2.75, 3.05) is 0 Å². The van der Waals surface area contributed by atoms with Gasteiger partial charge in [-0.3, -0.25) is 10.1 Å². The molecular weight excluding hydrogens is 249 g/mol. The normalized spacial score (nSPS) is 33.0. The number of hydrogen-bond acceptors (Lipinski definition) is 3. The van der Waals surface area contributed by atoms with E-state index in [0.717, 1.165) is 0 Å². The molecule has 3 amide bonds. The molecule has 5 nitrogen and oxygen atoms in total. The Labute approximate surface area is 70.9 Å². The van der Waals surface area contributed by atoms with Crippen LogP contribution in [0.25, 0.3) is 0 Å². The minimum absolute atomic E-state index is 0.336. The Morgan fingerprint density at radius 1 is 1.50 bits per heavy atom. The smallest absolute Gasteiger partial charge is 0.321 e. The van der Waals surface area contributed by atoms with Gasteiger partial charge in [0.15, 0.2) is 0 Å². The average Bonchev–Trinajstić information content (AvgIpc) is 1.82. The Balaban J connectivity index is 2.66. The van der Waals surface area contributed by atoms with E-state index in [4.69, 9.17) is 5.73 Å². The second-order valence-electron chi connectivity index (χ2n) is 1.89. The van der Waals surface area contributed by atoms with E-state index in [0.29, 0.717) is 0 Å². The second kappa shape index (κ2) is 2.70. The van der Waals surface area contributed by atoms with E-state index >= 15 is 0 Å². The fourth-order valence-electron chi connectivity index (χ4n) is 0.605. The van der Waals surface area contributed by atoms with Gasteiger partial charge in [-0.2, -0.15) is 0 Å². The molecule has 0 saturated carbocycles. The van der Waals surface area contributed by atoms with Gasteiger partial charge in [0.2, 0.25) is 5.91 Å². The highest BCUT2D eigenvalue weighted by Gasteiger charge is 2.30. The molecule has 0 radical (unpaired) electrons. The summed E-state index contributed by atoms with van der Waals surface area (Å²) in [6.45, 7) is 0. The largest absolute Gasteiger partial charge is 0.322 e. The standard InChI is InChI=1S/C4H6IN3O2/c5-1-2(6)7-4(10)8-3(1)9/h1-2H,6H2,(H2,7,8,9,10). The van der Waals surface area contributed by atoms with Crippen LogP contribution < -0.4 is 16.4 Å². The number of rotatable bonds is 0. The molecule has 0 spiro atoms. The monoisotopic (exact) mass is 255 g/mol. The number of halogens is 1. The summed E-state index contributed by atoms with van der Waals surface area (Å²) in [5.41, 5.74) is 5.36. The van der Waals surface area contributed by atoms with Crippen molar-refractivity contribution in [3.05, 3.63) is 0 Å². The van der Waals surface area contributed by atoms with E-state index in [1.54, 1.807) is 0 Å². The summed E-state index contributed by atoms with van der Waals surface area (Å²) in [4.78, 5) is 21.3. The minimum Gasteiger partial charge on any atom is -0.321 e. The van der Waals surface area contributed by atoms with Crippen LogP contribution in [-0.4, -0.2) is 22.0 Å². The van der Waals surface area contributed by atoms with Gasteiger partial charge in [0.25, 0.3) is 0 Å². The minimum atomic E-state index is -0.568. The van der Waals surface area contributed by atoms with E-state index in [1.807, 2.05) is 22.6 Å². The molecule has 1 aliphatic rings. The van der Waals surface area contributed by atoms with Crippen molar-refractivity contribution in [2.24, 2.45) is 5.73 Å². The van der Waals surface area contributed by atoms with Gasteiger partial charge in [0, 0.05) is 0 Å². The first kappa shape index (κ1) is 7.73. The quantitative estimate of drug-likeness (QED) is 0.380. The number of nitrogens with one attached hydrogen (secondary N) is 2. The first-order chi connectivity index (χ1) is 4.61. The molecule has 6 heteroatoms. The second-order valence-corrected chi connectivity index (χ2v) is 3.23. The van der Waals surface area contributed by atoms with Gasteiger partial charge in [-0.25, -0.2) is 4.79 Å². The van der Waals surface area contributed by atoms with E-state index in [2.05, 4.69) is 10.6 Å². The third-order valence-electron chi connectivity index (χ3n) is 1.10. The van der Waals surface area contributed by atoms with Crippen LogP contribution >= 0.6 is 22.6 Å². The number of nitrogens with two attached hydrogens (primary N) is 1.